The molecule has 1 aliphatic rings. The van der Waals surface area contributed by atoms with E-state index in [0.717, 1.165) is 57.2 Å². The summed E-state index contributed by atoms with van der Waals surface area (Å²) in [5.74, 6) is 1.62. The number of fused-ring (bicyclic) bond motifs is 1. The number of nitrogens with one attached hydrogen (secondary N) is 1. The lowest BCUT2D eigenvalue weighted by molar-refractivity contribution is 0.174. The second kappa shape index (κ2) is 8.43. The molecule has 0 fully saturated rings. The van der Waals surface area contributed by atoms with Gasteiger partial charge < -0.3 is 19.4 Å². The number of imidazole rings is 1. The average molecular weight is 489 g/mol. The minimum absolute atomic E-state index is 0.187. The molecule has 0 saturated carbocycles. The van der Waals surface area contributed by atoms with Crippen molar-refractivity contribution in [1.29, 1.82) is 0 Å². The highest BCUT2D eigenvalue weighted by Crippen LogP contribution is 2.39. The predicted octanol–water partition coefficient (Wildman–Crippen LogP) is 5.78. The van der Waals surface area contributed by atoms with E-state index in [-0.39, 0.29) is 6.04 Å². The van der Waals surface area contributed by atoms with Crippen LogP contribution in [0.2, 0.25) is 0 Å². The maximum Gasteiger partial charge on any atom is 0.231 e. The second-order valence-electron chi connectivity index (χ2n) is 6.96. The summed E-state index contributed by atoms with van der Waals surface area (Å²) < 4.78 is 12.0. The van der Waals surface area contributed by atoms with Crippen molar-refractivity contribution in [2.24, 2.45) is 0 Å². The van der Waals surface area contributed by atoms with Gasteiger partial charge in [-0.05, 0) is 41.1 Å². The fourth-order valence-electron chi connectivity index (χ4n) is 3.63. The van der Waals surface area contributed by atoms with Crippen LogP contribution < -0.4 is 14.4 Å². The number of hydrogen-bond acceptors (Lipinski definition) is 4. The van der Waals surface area contributed by atoms with Crippen molar-refractivity contribution in [3.8, 4) is 22.8 Å². The Hall–Kier alpha value is -2.22. The number of unbranched alkanes of at least 4 members (excludes halogenated alkanes) is 1. The highest BCUT2D eigenvalue weighted by atomic mass is 127. The van der Waals surface area contributed by atoms with Gasteiger partial charge in [-0.1, -0.05) is 50.1 Å². The topological polar surface area (TPSA) is 50.4 Å². The number of nitrogens with zero attached hydrogens (tertiary/aromatic N) is 2. The summed E-state index contributed by atoms with van der Waals surface area (Å²) in [5, 5.41) is 0. The van der Waals surface area contributed by atoms with E-state index in [4.69, 9.17) is 14.5 Å². The molecular formula is C22H24IN3O2. The first-order valence-corrected chi connectivity index (χ1v) is 10.7. The van der Waals surface area contributed by atoms with Gasteiger partial charge in [-0.25, -0.2) is 4.98 Å². The van der Waals surface area contributed by atoms with Crippen molar-refractivity contribution in [2.75, 3.05) is 18.7 Å². The zero-order valence-electron chi connectivity index (χ0n) is 16.1. The van der Waals surface area contributed by atoms with Gasteiger partial charge in [0.2, 0.25) is 6.79 Å². The minimum atomic E-state index is 0.187. The Labute approximate surface area is 179 Å². The first kappa shape index (κ1) is 19.1. The summed E-state index contributed by atoms with van der Waals surface area (Å²) in [6, 6.07) is 16.7. The van der Waals surface area contributed by atoms with Gasteiger partial charge in [0.25, 0.3) is 0 Å². The minimum Gasteiger partial charge on any atom is -0.454 e. The van der Waals surface area contributed by atoms with Crippen molar-refractivity contribution in [2.45, 2.75) is 32.2 Å². The molecule has 1 atom stereocenters. The predicted molar refractivity (Wildman–Crippen MR) is 120 cm³/mol. The van der Waals surface area contributed by atoms with Crippen LogP contribution in [0.25, 0.3) is 11.3 Å². The number of aromatic nitrogens is 2. The molecule has 6 heteroatoms. The van der Waals surface area contributed by atoms with Gasteiger partial charge in [0.05, 0.1) is 17.4 Å². The van der Waals surface area contributed by atoms with Crippen LogP contribution in [0.5, 0.6) is 11.5 Å². The Morgan fingerprint density at radius 2 is 1.93 bits per heavy atom. The molecule has 1 aliphatic heterocycles. The average Bonchev–Trinajstić information content (AvgIpc) is 3.34. The maximum absolute atomic E-state index is 5.58. The van der Waals surface area contributed by atoms with Gasteiger partial charge in [0, 0.05) is 24.4 Å². The number of aromatic amines is 1. The Balaban J connectivity index is 1.73. The molecule has 0 saturated heterocycles. The van der Waals surface area contributed by atoms with Crippen LogP contribution in [-0.2, 0) is 0 Å². The van der Waals surface area contributed by atoms with E-state index in [1.165, 1.54) is 0 Å². The zero-order chi connectivity index (χ0) is 19.5. The van der Waals surface area contributed by atoms with Crippen molar-refractivity contribution in [3.05, 3.63) is 58.1 Å². The van der Waals surface area contributed by atoms with Crippen molar-refractivity contribution in [1.82, 2.24) is 9.97 Å². The lowest BCUT2D eigenvalue weighted by atomic mass is 9.99. The van der Waals surface area contributed by atoms with Crippen LogP contribution in [0.4, 0.5) is 5.69 Å². The molecule has 0 radical (unpaired) electrons. The SMILES string of the molecule is CCCCC(c1[nH]c(I)nc1-c1ccccc1)N(C)c1ccc2c(c1)OCO2. The van der Waals surface area contributed by atoms with Gasteiger partial charge in [0.15, 0.2) is 15.3 Å². The van der Waals surface area contributed by atoms with E-state index in [0.29, 0.717) is 6.79 Å². The third-order valence-electron chi connectivity index (χ3n) is 5.15. The monoisotopic (exact) mass is 489 g/mol. The van der Waals surface area contributed by atoms with Gasteiger partial charge in [0.1, 0.15) is 0 Å². The van der Waals surface area contributed by atoms with E-state index in [2.05, 4.69) is 82.8 Å². The normalized spacial score (nSPS) is 13.5. The fraction of sp³-hybridized carbons (Fsp3) is 0.318. The second-order valence-corrected chi connectivity index (χ2v) is 7.98. The highest BCUT2D eigenvalue weighted by molar-refractivity contribution is 14.1. The van der Waals surface area contributed by atoms with Crippen molar-refractivity contribution >= 4 is 28.3 Å². The molecule has 0 amide bonds. The molecule has 2 heterocycles. The number of benzene rings is 2. The van der Waals surface area contributed by atoms with Crippen molar-refractivity contribution < 1.29 is 9.47 Å². The lowest BCUT2D eigenvalue weighted by Crippen LogP contribution is -2.25. The Bertz CT molecular complexity index is 942. The molecule has 2 aromatic carbocycles. The van der Waals surface area contributed by atoms with Gasteiger partial charge in [-0.2, -0.15) is 0 Å². The van der Waals surface area contributed by atoms with Gasteiger partial charge in [-0.15, -0.1) is 0 Å². The third-order valence-corrected chi connectivity index (χ3v) is 5.66. The summed E-state index contributed by atoms with van der Waals surface area (Å²) in [5.41, 5.74) is 4.43. The Morgan fingerprint density at radius 3 is 2.71 bits per heavy atom. The Morgan fingerprint density at radius 1 is 1.14 bits per heavy atom. The van der Waals surface area contributed by atoms with Crippen LogP contribution in [0.1, 0.15) is 37.9 Å². The molecule has 28 heavy (non-hydrogen) atoms. The fourth-order valence-corrected chi connectivity index (χ4v) is 4.16. The number of H-pyrrole nitrogens is 1. The Kier molecular flexibility index (Phi) is 5.75. The van der Waals surface area contributed by atoms with Crippen LogP contribution in [0.15, 0.2) is 48.5 Å². The molecule has 0 spiro atoms. The van der Waals surface area contributed by atoms with Crippen molar-refractivity contribution in [3.63, 3.8) is 0 Å². The molecule has 146 valence electrons. The summed E-state index contributed by atoms with van der Waals surface area (Å²) in [6.45, 7) is 2.52. The molecule has 0 aliphatic carbocycles. The van der Waals surface area contributed by atoms with E-state index in [1.54, 1.807) is 0 Å². The van der Waals surface area contributed by atoms with E-state index < -0.39 is 0 Å². The number of ether oxygens (including phenoxy) is 2. The van der Waals surface area contributed by atoms with Crippen LogP contribution in [0.3, 0.4) is 0 Å². The molecule has 1 N–H and O–H groups in total. The standard InChI is InChI=1S/C22H24IN3O2/c1-3-4-10-17(26(2)16-11-12-18-19(13-16)28-14-27-18)21-20(24-22(23)25-21)15-8-6-5-7-9-15/h5-9,11-13,17H,3-4,10,14H2,1-2H3,(H,24,25). The molecule has 5 nitrogen and oxygen atoms in total. The maximum atomic E-state index is 5.58. The summed E-state index contributed by atoms with van der Waals surface area (Å²) in [6.07, 6.45) is 3.33. The molecule has 0 bridgehead atoms. The van der Waals surface area contributed by atoms with Gasteiger partial charge in [-0.3, -0.25) is 0 Å². The number of hydrogen-bond donors (Lipinski definition) is 1. The summed E-state index contributed by atoms with van der Waals surface area (Å²) in [7, 11) is 2.14. The molecular weight excluding hydrogens is 465 g/mol. The van der Waals surface area contributed by atoms with E-state index >= 15 is 0 Å². The number of anilines is 1. The molecule has 4 rings (SSSR count). The molecule has 3 aromatic rings. The number of halogens is 1. The van der Waals surface area contributed by atoms with Crippen LogP contribution in [0, 0.1) is 3.83 Å². The largest absolute Gasteiger partial charge is 0.454 e. The van der Waals surface area contributed by atoms with E-state index in [9.17, 15) is 0 Å². The van der Waals surface area contributed by atoms with Crippen LogP contribution >= 0.6 is 22.6 Å². The summed E-state index contributed by atoms with van der Waals surface area (Å²) in [4.78, 5) is 10.6. The quantitative estimate of drug-likeness (QED) is 0.428. The third kappa shape index (κ3) is 3.83. The molecule has 1 aromatic heterocycles. The van der Waals surface area contributed by atoms with E-state index in [1.807, 2.05) is 12.1 Å². The first-order chi connectivity index (χ1) is 13.7. The van der Waals surface area contributed by atoms with Crippen LogP contribution in [-0.4, -0.2) is 23.8 Å². The number of rotatable bonds is 7. The highest BCUT2D eigenvalue weighted by Gasteiger charge is 2.25. The zero-order valence-corrected chi connectivity index (χ0v) is 18.3. The summed E-state index contributed by atoms with van der Waals surface area (Å²) >= 11 is 2.26. The smallest absolute Gasteiger partial charge is 0.231 e. The molecule has 1 unspecified atom stereocenters. The first-order valence-electron chi connectivity index (χ1n) is 9.60. The van der Waals surface area contributed by atoms with Gasteiger partial charge >= 0.3 is 0 Å². The lowest BCUT2D eigenvalue weighted by Gasteiger charge is -2.30.